The normalized spacial score (nSPS) is 13.6. The van der Waals surface area contributed by atoms with E-state index in [4.69, 9.17) is 14.6 Å². The molecular formula is C23H21NO4S. The molecule has 0 bridgehead atoms. The van der Waals surface area contributed by atoms with Gasteiger partial charge in [0.1, 0.15) is 17.3 Å². The molecule has 1 heterocycles. The molecule has 6 heteroatoms. The Balaban J connectivity index is 1.86. The maximum atomic E-state index is 11.6. The minimum atomic E-state index is -3.75. The fourth-order valence-electron chi connectivity index (χ4n) is 3.52. The summed E-state index contributed by atoms with van der Waals surface area (Å²) in [5.41, 5.74) is 4.97. The summed E-state index contributed by atoms with van der Waals surface area (Å²) in [6, 6.07) is 20.4. The predicted molar refractivity (Wildman–Crippen MR) is 113 cm³/mol. The predicted octanol–water partition coefficient (Wildman–Crippen LogP) is 4.15. The van der Waals surface area contributed by atoms with Gasteiger partial charge in [0, 0.05) is 17.6 Å². The van der Waals surface area contributed by atoms with Gasteiger partial charge in [-0.3, -0.25) is 0 Å². The van der Waals surface area contributed by atoms with Crippen molar-refractivity contribution >= 4 is 21.4 Å². The number of primary sulfonamides is 1. The summed E-state index contributed by atoms with van der Waals surface area (Å²) in [5.74, 6) is 2.33. The molecule has 0 atom stereocenters. The van der Waals surface area contributed by atoms with E-state index in [1.807, 2.05) is 43.3 Å². The van der Waals surface area contributed by atoms with Gasteiger partial charge in [0.2, 0.25) is 10.0 Å². The molecule has 148 valence electrons. The zero-order valence-corrected chi connectivity index (χ0v) is 17.0. The van der Waals surface area contributed by atoms with E-state index in [1.165, 1.54) is 12.1 Å². The first-order valence-corrected chi connectivity index (χ1v) is 10.7. The number of para-hydroxylation sites is 1. The van der Waals surface area contributed by atoms with Crippen molar-refractivity contribution in [3.63, 3.8) is 0 Å². The Kier molecular flexibility index (Phi) is 4.90. The Bertz CT molecular complexity index is 1210. The van der Waals surface area contributed by atoms with Crippen LogP contribution in [0.3, 0.4) is 0 Å². The van der Waals surface area contributed by atoms with E-state index in [1.54, 1.807) is 19.2 Å². The number of aryl methyl sites for hydroxylation is 1. The molecule has 1 aliphatic heterocycles. The lowest BCUT2D eigenvalue weighted by Crippen LogP contribution is -2.13. The fourth-order valence-corrected chi connectivity index (χ4v) is 4.04. The van der Waals surface area contributed by atoms with Gasteiger partial charge < -0.3 is 9.47 Å². The van der Waals surface area contributed by atoms with Crippen LogP contribution in [0.25, 0.3) is 11.3 Å². The molecule has 0 spiro atoms. The molecule has 3 aromatic carbocycles. The van der Waals surface area contributed by atoms with E-state index in [0.717, 1.165) is 39.3 Å². The number of hydrogen-bond acceptors (Lipinski definition) is 4. The second kappa shape index (κ2) is 7.39. The van der Waals surface area contributed by atoms with Crippen LogP contribution < -0.4 is 14.6 Å². The summed E-state index contributed by atoms with van der Waals surface area (Å²) in [5, 5.41) is 5.23. The monoisotopic (exact) mass is 407 g/mol. The number of allylic oxidation sites excluding steroid dienone is 1. The van der Waals surface area contributed by atoms with Gasteiger partial charge in [-0.1, -0.05) is 24.3 Å². The molecule has 0 saturated heterocycles. The molecule has 0 radical (unpaired) electrons. The van der Waals surface area contributed by atoms with E-state index in [9.17, 15) is 8.42 Å². The minimum Gasteiger partial charge on any atom is -0.496 e. The smallest absolute Gasteiger partial charge is 0.238 e. The van der Waals surface area contributed by atoms with Crippen molar-refractivity contribution in [3.05, 3.63) is 89.0 Å². The Morgan fingerprint density at radius 2 is 1.66 bits per heavy atom. The highest BCUT2D eigenvalue weighted by Gasteiger charge is 2.23. The highest BCUT2D eigenvalue weighted by atomic mass is 32.2. The second-order valence-corrected chi connectivity index (χ2v) is 8.51. The summed E-state index contributed by atoms with van der Waals surface area (Å²) < 4.78 is 34.8. The number of sulfonamides is 1. The van der Waals surface area contributed by atoms with Crippen LogP contribution in [0.1, 0.15) is 22.3 Å². The van der Waals surface area contributed by atoms with E-state index in [0.29, 0.717) is 12.2 Å². The molecule has 0 fully saturated rings. The molecule has 0 amide bonds. The maximum absolute atomic E-state index is 11.6. The zero-order valence-electron chi connectivity index (χ0n) is 16.2. The molecule has 5 nitrogen and oxygen atoms in total. The van der Waals surface area contributed by atoms with Crippen LogP contribution in [0.2, 0.25) is 0 Å². The summed E-state index contributed by atoms with van der Waals surface area (Å²) in [6.45, 7) is 2.00. The topological polar surface area (TPSA) is 78.6 Å². The number of rotatable bonds is 4. The first kappa shape index (κ1) is 19.2. The number of benzene rings is 3. The van der Waals surface area contributed by atoms with E-state index in [2.05, 4.69) is 6.07 Å². The van der Waals surface area contributed by atoms with Crippen molar-refractivity contribution in [2.45, 2.75) is 18.2 Å². The van der Waals surface area contributed by atoms with Crippen LogP contribution in [-0.4, -0.2) is 15.5 Å². The Morgan fingerprint density at radius 3 is 2.31 bits per heavy atom. The molecule has 4 rings (SSSR count). The standard InChI is InChI=1S/C23H21NO4S/c1-15-13-17(9-12-21(15)27-2)20-14-18-5-3-4-6-22(18)28-23(20)16-7-10-19(11-8-16)29(24,25)26/h3-13H,14H2,1-2H3,(H2,24,25,26). The lowest BCUT2D eigenvalue weighted by atomic mass is 9.91. The molecule has 0 aliphatic carbocycles. The molecule has 0 aromatic heterocycles. The van der Waals surface area contributed by atoms with Crippen molar-refractivity contribution in [1.29, 1.82) is 0 Å². The maximum Gasteiger partial charge on any atom is 0.238 e. The molecule has 1 aliphatic rings. The van der Waals surface area contributed by atoms with Crippen molar-refractivity contribution in [2.75, 3.05) is 7.11 Å². The van der Waals surface area contributed by atoms with Crippen LogP contribution in [0.5, 0.6) is 11.5 Å². The number of nitrogens with two attached hydrogens (primary N) is 1. The Labute approximate surface area is 170 Å². The van der Waals surface area contributed by atoms with E-state index < -0.39 is 10.0 Å². The average Bonchev–Trinajstić information content (AvgIpc) is 2.72. The SMILES string of the molecule is COc1ccc(C2=C(c3ccc(S(N)(=O)=O)cc3)Oc3ccccc3C2)cc1C. The third-order valence-corrected chi connectivity index (χ3v) is 5.94. The number of hydrogen-bond donors (Lipinski definition) is 1. The van der Waals surface area contributed by atoms with Crippen LogP contribution in [0.4, 0.5) is 0 Å². The first-order chi connectivity index (χ1) is 13.9. The van der Waals surface area contributed by atoms with Gasteiger partial charge in [-0.15, -0.1) is 0 Å². The Hall–Kier alpha value is -3.09. The van der Waals surface area contributed by atoms with Crippen molar-refractivity contribution in [2.24, 2.45) is 5.14 Å². The fraction of sp³-hybridized carbons (Fsp3) is 0.130. The van der Waals surface area contributed by atoms with Gasteiger partial charge in [-0.05, 0) is 66.1 Å². The van der Waals surface area contributed by atoms with E-state index >= 15 is 0 Å². The summed E-state index contributed by atoms with van der Waals surface area (Å²) >= 11 is 0. The third kappa shape index (κ3) is 3.77. The van der Waals surface area contributed by atoms with Crippen LogP contribution in [0, 0.1) is 6.92 Å². The zero-order chi connectivity index (χ0) is 20.6. The lowest BCUT2D eigenvalue weighted by Gasteiger charge is -2.24. The largest absolute Gasteiger partial charge is 0.496 e. The third-order valence-electron chi connectivity index (χ3n) is 5.01. The van der Waals surface area contributed by atoms with Gasteiger partial charge in [0.25, 0.3) is 0 Å². The summed E-state index contributed by atoms with van der Waals surface area (Å²) in [4.78, 5) is 0.0694. The first-order valence-electron chi connectivity index (χ1n) is 9.14. The molecule has 3 aromatic rings. The average molecular weight is 407 g/mol. The molecule has 0 saturated carbocycles. The van der Waals surface area contributed by atoms with Gasteiger partial charge in [0.15, 0.2) is 0 Å². The van der Waals surface area contributed by atoms with Gasteiger partial charge in [0.05, 0.1) is 12.0 Å². The van der Waals surface area contributed by atoms with Crippen molar-refractivity contribution < 1.29 is 17.9 Å². The summed E-state index contributed by atoms with van der Waals surface area (Å²) in [7, 11) is -2.10. The van der Waals surface area contributed by atoms with Crippen LogP contribution in [0.15, 0.2) is 71.6 Å². The second-order valence-electron chi connectivity index (χ2n) is 6.95. The molecule has 2 N–H and O–H groups in total. The van der Waals surface area contributed by atoms with Gasteiger partial charge in [-0.25, -0.2) is 13.6 Å². The van der Waals surface area contributed by atoms with Gasteiger partial charge in [-0.2, -0.15) is 0 Å². The highest BCUT2D eigenvalue weighted by Crippen LogP contribution is 2.40. The summed E-state index contributed by atoms with van der Waals surface area (Å²) in [6.07, 6.45) is 0.703. The number of fused-ring (bicyclic) bond motifs is 1. The highest BCUT2D eigenvalue weighted by molar-refractivity contribution is 7.89. The van der Waals surface area contributed by atoms with Crippen LogP contribution in [-0.2, 0) is 16.4 Å². The quantitative estimate of drug-likeness (QED) is 0.705. The number of methoxy groups -OCH3 is 1. The van der Waals surface area contributed by atoms with E-state index in [-0.39, 0.29) is 4.90 Å². The molecular weight excluding hydrogens is 386 g/mol. The lowest BCUT2D eigenvalue weighted by molar-refractivity contribution is 0.411. The van der Waals surface area contributed by atoms with Crippen molar-refractivity contribution in [3.8, 4) is 11.5 Å². The number of ether oxygens (including phenoxy) is 2. The Morgan fingerprint density at radius 1 is 0.966 bits per heavy atom. The van der Waals surface area contributed by atoms with Crippen LogP contribution >= 0.6 is 0 Å². The molecule has 0 unspecified atom stereocenters. The van der Waals surface area contributed by atoms with Gasteiger partial charge >= 0.3 is 0 Å². The minimum absolute atomic E-state index is 0.0694. The van der Waals surface area contributed by atoms with Crippen molar-refractivity contribution in [1.82, 2.24) is 0 Å². The molecule has 29 heavy (non-hydrogen) atoms.